The van der Waals surface area contributed by atoms with Crippen LogP contribution in [-0.4, -0.2) is 10.2 Å². The van der Waals surface area contributed by atoms with Gasteiger partial charge in [0, 0.05) is 0 Å². The zero-order valence-corrected chi connectivity index (χ0v) is 22.8. The van der Waals surface area contributed by atoms with Crippen LogP contribution in [-0.2, 0) is 23.7 Å². The first-order valence-corrected chi connectivity index (χ1v) is 15.1. The predicted molar refractivity (Wildman–Crippen MR) is 150 cm³/mol. The summed E-state index contributed by atoms with van der Waals surface area (Å²) in [5.41, 5.74) is 5.79. The van der Waals surface area contributed by atoms with E-state index in [2.05, 4.69) is 38.1 Å². The molecule has 0 aliphatic heterocycles. The van der Waals surface area contributed by atoms with E-state index in [0.29, 0.717) is 11.5 Å². The molecule has 0 amide bonds. The Morgan fingerprint density at radius 2 is 1.08 bits per heavy atom. The van der Waals surface area contributed by atoms with E-state index in [0.717, 1.165) is 35.8 Å². The third-order valence-corrected chi connectivity index (χ3v) is 10.0. The van der Waals surface area contributed by atoms with Gasteiger partial charge in [-0.25, -0.2) is 0 Å². The third-order valence-electron chi connectivity index (χ3n) is 10.0. The lowest BCUT2D eigenvalue weighted by atomic mass is 9.41. The maximum Gasteiger partial charge on any atom is 0.118 e. The molecule has 4 aliphatic rings. The van der Waals surface area contributed by atoms with Crippen LogP contribution in [0.5, 0.6) is 11.5 Å². The SMILES string of the molecule is CCCCCCc1cc(C23CC4CC(C2)CC(c2ccc(O)c(CCCCCC)c2)(C4)C3)ccc1O. The lowest BCUT2D eigenvalue weighted by Crippen LogP contribution is -2.56. The van der Waals surface area contributed by atoms with Crippen LogP contribution >= 0.6 is 0 Å². The second kappa shape index (κ2) is 10.8. The van der Waals surface area contributed by atoms with Crippen LogP contribution in [0.15, 0.2) is 36.4 Å². The minimum atomic E-state index is 0.245. The quantitative estimate of drug-likeness (QED) is 0.292. The van der Waals surface area contributed by atoms with E-state index in [1.807, 2.05) is 12.1 Å². The summed E-state index contributed by atoms with van der Waals surface area (Å²) in [6, 6.07) is 13.3. The van der Waals surface area contributed by atoms with Gasteiger partial charge in [0.1, 0.15) is 11.5 Å². The maximum absolute atomic E-state index is 10.6. The van der Waals surface area contributed by atoms with Gasteiger partial charge < -0.3 is 10.2 Å². The lowest BCUT2D eigenvalue weighted by molar-refractivity contribution is -0.0282. The molecule has 2 nitrogen and oxygen atoms in total. The Hall–Kier alpha value is -1.96. The van der Waals surface area contributed by atoms with Crippen LogP contribution in [0.2, 0.25) is 0 Å². The lowest BCUT2D eigenvalue weighted by Gasteiger charge is -2.63. The largest absolute Gasteiger partial charge is 0.508 e. The van der Waals surface area contributed by atoms with E-state index < -0.39 is 0 Å². The molecule has 0 aromatic heterocycles. The van der Waals surface area contributed by atoms with Crippen molar-refractivity contribution < 1.29 is 10.2 Å². The number of phenolic OH excluding ortho intramolecular Hbond substituents is 2. The molecule has 4 bridgehead atoms. The Balaban J connectivity index is 1.41. The zero-order valence-electron chi connectivity index (χ0n) is 22.8. The molecule has 4 aliphatic carbocycles. The van der Waals surface area contributed by atoms with Crippen LogP contribution in [0.4, 0.5) is 0 Å². The van der Waals surface area contributed by atoms with Crippen molar-refractivity contribution in [2.45, 2.75) is 127 Å². The first kappa shape index (κ1) is 25.7. The molecule has 196 valence electrons. The minimum absolute atomic E-state index is 0.245. The second-order valence-corrected chi connectivity index (χ2v) is 12.8. The van der Waals surface area contributed by atoms with Gasteiger partial charge in [0.15, 0.2) is 0 Å². The van der Waals surface area contributed by atoms with Crippen LogP contribution in [0, 0.1) is 11.8 Å². The van der Waals surface area contributed by atoms with Crippen molar-refractivity contribution in [3.8, 4) is 11.5 Å². The van der Waals surface area contributed by atoms with Crippen molar-refractivity contribution in [2.75, 3.05) is 0 Å². The van der Waals surface area contributed by atoms with Crippen molar-refractivity contribution in [3.63, 3.8) is 0 Å². The predicted octanol–water partition coefficient (Wildman–Crippen LogP) is 9.13. The normalized spacial score (nSPS) is 28.6. The summed E-state index contributed by atoms with van der Waals surface area (Å²) < 4.78 is 0. The molecule has 36 heavy (non-hydrogen) atoms. The summed E-state index contributed by atoms with van der Waals surface area (Å²) in [6.07, 6.45) is 19.8. The van der Waals surface area contributed by atoms with E-state index in [4.69, 9.17) is 0 Å². The molecule has 2 heteroatoms. The molecular weight excluding hydrogens is 440 g/mol. The highest BCUT2D eigenvalue weighted by molar-refractivity contribution is 5.45. The van der Waals surface area contributed by atoms with Gasteiger partial charge in [-0.2, -0.15) is 0 Å². The Morgan fingerprint density at radius 3 is 1.50 bits per heavy atom. The fourth-order valence-electron chi connectivity index (χ4n) is 8.65. The topological polar surface area (TPSA) is 40.5 Å². The first-order valence-electron chi connectivity index (χ1n) is 15.1. The van der Waals surface area contributed by atoms with Crippen molar-refractivity contribution in [1.82, 2.24) is 0 Å². The third kappa shape index (κ3) is 5.07. The first-order chi connectivity index (χ1) is 17.5. The molecule has 2 aromatic carbocycles. The summed E-state index contributed by atoms with van der Waals surface area (Å²) >= 11 is 0. The number of hydrogen-bond acceptors (Lipinski definition) is 2. The van der Waals surface area contributed by atoms with Crippen molar-refractivity contribution in [1.29, 1.82) is 0 Å². The van der Waals surface area contributed by atoms with Crippen molar-refractivity contribution in [2.24, 2.45) is 11.8 Å². The van der Waals surface area contributed by atoms with Crippen molar-refractivity contribution in [3.05, 3.63) is 58.7 Å². The Labute approximate surface area is 219 Å². The molecule has 2 N–H and O–H groups in total. The monoisotopic (exact) mass is 488 g/mol. The average molecular weight is 489 g/mol. The molecule has 0 radical (unpaired) electrons. The smallest absolute Gasteiger partial charge is 0.118 e. The summed E-state index contributed by atoms with van der Waals surface area (Å²) in [5, 5.41) is 21.3. The molecule has 2 aromatic rings. The molecule has 0 unspecified atom stereocenters. The molecular formula is C34H48O2. The fraction of sp³-hybridized carbons (Fsp3) is 0.647. The van der Waals surface area contributed by atoms with E-state index in [9.17, 15) is 10.2 Å². The van der Waals surface area contributed by atoms with Gasteiger partial charge in [-0.05, 0) is 121 Å². The van der Waals surface area contributed by atoms with Gasteiger partial charge >= 0.3 is 0 Å². The van der Waals surface area contributed by atoms with Gasteiger partial charge in [-0.1, -0.05) is 76.6 Å². The zero-order chi connectivity index (χ0) is 25.2. The maximum atomic E-state index is 10.6. The van der Waals surface area contributed by atoms with Crippen molar-refractivity contribution >= 4 is 0 Å². The summed E-state index contributed by atoms with van der Waals surface area (Å²) in [5.74, 6) is 2.58. The second-order valence-electron chi connectivity index (χ2n) is 12.8. The highest BCUT2D eigenvalue weighted by atomic mass is 16.3. The van der Waals surface area contributed by atoms with Crippen LogP contribution in [0.1, 0.15) is 126 Å². The number of phenols is 2. The van der Waals surface area contributed by atoms with Gasteiger partial charge in [-0.3, -0.25) is 0 Å². The molecule has 6 rings (SSSR count). The fourth-order valence-corrected chi connectivity index (χ4v) is 8.65. The highest BCUT2D eigenvalue weighted by Crippen LogP contribution is 2.66. The number of aromatic hydroxyl groups is 2. The summed E-state index contributed by atoms with van der Waals surface area (Å²) in [4.78, 5) is 0. The Kier molecular flexibility index (Phi) is 7.70. The molecule has 0 spiro atoms. The minimum Gasteiger partial charge on any atom is -0.508 e. The number of benzene rings is 2. The number of aryl methyl sites for hydroxylation is 2. The molecule has 0 atom stereocenters. The number of hydrogen-bond donors (Lipinski definition) is 2. The number of rotatable bonds is 12. The number of unbranched alkanes of at least 4 members (excludes halogenated alkanes) is 6. The van der Waals surface area contributed by atoms with E-state index in [1.54, 1.807) is 0 Å². The van der Waals surface area contributed by atoms with Gasteiger partial charge in [0.25, 0.3) is 0 Å². The van der Waals surface area contributed by atoms with E-state index in [1.165, 1.54) is 101 Å². The summed E-state index contributed by atoms with van der Waals surface area (Å²) in [7, 11) is 0. The highest BCUT2D eigenvalue weighted by Gasteiger charge is 2.58. The summed E-state index contributed by atoms with van der Waals surface area (Å²) in [6.45, 7) is 4.51. The average Bonchev–Trinajstić information content (AvgIpc) is 2.85. The van der Waals surface area contributed by atoms with Gasteiger partial charge in [0.05, 0.1) is 0 Å². The van der Waals surface area contributed by atoms with Crippen LogP contribution in [0.3, 0.4) is 0 Å². The molecule has 4 fully saturated rings. The Morgan fingerprint density at radius 1 is 0.639 bits per heavy atom. The van der Waals surface area contributed by atoms with E-state index >= 15 is 0 Å². The van der Waals surface area contributed by atoms with Crippen LogP contribution < -0.4 is 0 Å². The van der Waals surface area contributed by atoms with E-state index in [-0.39, 0.29) is 10.8 Å². The molecule has 0 heterocycles. The van der Waals surface area contributed by atoms with Gasteiger partial charge in [-0.15, -0.1) is 0 Å². The molecule has 4 saturated carbocycles. The van der Waals surface area contributed by atoms with Crippen LogP contribution in [0.25, 0.3) is 0 Å². The standard InChI is InChI=1S/C34H48O2/c1-3-5-7-9-11-27-18-29(13-15-31(27)35)33-20-25-17-26(21-33)23-34(22-25,24-33)30-14-16-32(36)28(19-30)12-10-8-6-4-2/h13-16,18-19,25-26,35-36H,3-12,17,20-24H2,1-2H3. The Bertz CT molecular complexity index is 944. The molecule has 0 saturated heterocycles. The van der Waals surface area contributed by atoms with Gasteiger partial charge in [0.2, 0.25) is 0 Å².